The van der Waals surface area contributed by atoms with Crippen molar-refractivity contribution in [3.05, 3.63) is 149 Å². The Hall–Kier alpha value is -10.0. The Balaban J connectivity index is 1.05. The fraction of sp³-hybridized carbons (Fsp3) is 0.466. The van der Waals surface area contributed by atoms with Gasteiger partial charge in [-0.2, -0.15) is 0 Å². The highest BCUT2D eigenvalue weighted by atomic mass is 19.1. The molecule has 9 N–H and O–H groups in total. The second-order valence-electron chi connectivity index (χ2n) is 26.6. The van der Waals surface area contributed by atoms with E-state index >= 15 is 18.8 Å². The first kappa shape index (κ1) is 72.7. The lowest BCUT2D eigenvalue weighted by molar-refractivity contribution is -0.147. The topological polar surface area (TPSA) is 337 Å². The van der Waals surface area contributed by atoms with Crippen molar-refractivity contribution in [2.24, 2.45) is 0 Å². The van der Waals surface area contributed by atoms with Gasteiger partial charge in [-0.3, -0.25) is 52.7 Å². The van der Waals surface area contributed by atoms with Crippen molar-refractivity contribution in [3.8, 4) is 5.75 Å². The minimum absolute atomic E-state index is 0.00116. The fourth-order valence-electron chi connectivity index (χ4n) is 13.7. The number of fused-ring (bicyclic) bond motifs is 17. The zero-order valence-electron chi connectivity index (χ0n) is 56.8. The number of rotatable bonds is 4. The molecule has 0 unspecified atom stereocenters. The van der Waals surface area contributed by atoms with Gasteiger partial charge in [-0.25, -0.2) is 4.39 Å². The van der Waals surface area contributed by atoms with Crippen molar-refractivity contribution in [1.82, 2.24) is 61.8 Å². The molecular formula is C73H89FN12O14. The summed E-state index contributed by atoms with van der Waals surface area (Å²) in [6.07, 6.45) is 3.62. The molecule has 6 aliphatic heterocycles. The average Bonchev–Trinajstić information content (AvgIpc) is 1.64. The van der Waals surface area contributed by atoms with Gasteiger partial charge in [-0.1, -0.05) is 72.8 Å². The van der Waals surface area contributed by atoms with Crippen molar-refractivity contribution < 1.29 is 71.7 Å². The molecule has 2 fully saturated rings. The number of methoxy groups -OCH3 is 1. The number of ether oxygens (including phenoxy) is 2. The molecule has 11 rings (SSSR count). The van der Waals surface area contributed by atoms with Gasteiger partial charge in [0.05, 0.1) is 31.9 Å². The van der Waals surface area contributed by atoms with Crippen LogP contribution in [-0.2, 0) is 103 Å². The molecule has 9 atom stereocenters. The van der Waals surface area contributed by atoms with Crippen molar-refractivity contribution in [2.75, 3.05) is 46.4 Å². The maximum absolute atomic E-state index is 15.9. The van der Waals surface area contributed by atoms with Gasteiger partial charge in [0.15, 0.2) is 0 Å². The maximum atomic E-state index is 15.9. The summed E-state index contributed by atoms with van der Waals surface area (Å²) in [4.78, 5) is 164. The number of benzene rings is 4. The molecule has 27 heteroatoms. The molecule has 12 bridgehead atoms. The second kappa shape index (κ2) is 33.2. The molecule has 0 saturated carbocycles. The van der Waals surface area contributed by atoms with Gasteiger partial charge < -0.3 is 76.4 Å². The van der Waals surface area contributed by atoms with Crippen LogP contribution in [0.15, 0.2) is 109 Å². The van der Waals surface area contributed by atoms with Gasteiger partial charge >= 0.3 is 0 Å². The van der Waals surface area contributed by atoms with Crippen LogP contribution >= 0.6 is 0 Å². The van der Waals surface area contributed by atoms with Gasteiger partial charge in [0.2, 0.25) is 65.0 Å². The SMILES string of the molecule is COc1ccc(C[C@@H]2NC(=O)[C@H]([C@@H](C)O)NC(=O)C[C@@H]3[C@@H]4CCN3C(=O)[C@@H]3Cc5cn(c6ccc(F)cc56)CC=CCCCN(Cc5ccc(cc5)CCNC(=O)[C@]5(C)CCCN5C2=O)C(=O)CCC(=O)N[C@@H](C)C(=O)NCC(=O)N[C@@H](Cc2cccc(c2)CNC(=O)CO4)C(=O)N3)cc1. The summed E-state index contributed by atoms with van der Waals surface area (Å²) in [5.74, 6) is -7.54. The molecule has 5 aromatic rings. The number of allylic oxidation sites excluding steroid dienone is 2. The smallest absolute Gasteiger partial charge is 0.246 e. The highest BCUT2D eigenvalue weighted by molar-refractivity contribution is 5.98. The molecule has 2 saturated heterocycles. The lowest BCUT2D eigenvalue weighted by Gasteiger charge is -2.37. The van der Waals surface area contributed by atoms with Crippen molar-refractivity contribution in [2.45, 2.75) is 171 Å². The summed E-state index contributed by atoms with van der Waals surface area (Å²) in [6.45, 7) is 4.18. The van der Waals surface area contributed by atoms with Crippen LogP contribution in [0, 0.1) is 5.82 Å². The molecule has 532 valence electrons. The number of hydrogen-bond acceptors (Lipinski definition) is 14. The average molecular weight is 1380 g/mol. The molecule has 26 nitrogen and oxygen atoms in total. The normalized spacial score (nSPS) is 25.6. The Morgan fingerprint density at radius 1 is 0.680 bits per heavy atom. The Labute approximate surface area is 579 Å². The number of nitrogens with one attached hydrogen (secondary N) is 8. The number of carbonyl (C=O) groups excluding carboxylic acids is 11. The Kier molecular flexibility index (Phi) is 24.2. The van der Waals surface area contributed by atoms with Gasteiger partial charge in [-0.05, 0) is 123 Å². The van der Waals surface area contributed by atoms with Crippen molar-refractivity contribution in [3.63, 3.8) is 0 Å². The molecular weight excluding hydrogens is 1290 g/mol. The number of aliphatic hydroxyl groups excluding tert-OH is 1. The van der Waals surface area contributed by atoms with E-state index < -0.39 is 138 Å². The molecule has 11 amide bonds. The minimum Gasteiger partial charge on any atom is -0.497 e. The van der Waals surface area contributed by atoms with E-state index in [0.717, 1.165) is 11.1 Å². The number of aromatic nitrogens is 1. The highest BCUT2D eigenvalue weighted by Gasteiger charge is 2.48. The zero-order valence-corrected chi connectivity index (χ0v) is 56.8. The fourth-order valence-corrected chi connectivity index (χ4v) is 13.7. The van der Waals surface area contributed by atoms with Crippen LogP contribution in [0.5, 0.6) is 5.75 Å². The van der Waals surface area contributed by atoms with Crippen LogP contribution in [0.4, 0.5) is 4.39 Å². The predicted octanol–water partition coefficient (Wildman–Crippen LogP) is 1.98. The predicted molar refractivity (Wildman–Crippen MR) is 364 cm³/mol. The van der Waals surface area contributed by atoms with Gasteiger partial charge in [0.25, 0.3) is 0 Å². The van der Waals surface area contributed by atoms with E-state index in [1.54, 1.807) is 72.6 Å². The molecule has 1 aromatic heterocycles. The van der Waals surface area contributed by atoms with Gasteiger partial charge in [0, 0.05) is 101 Å². The first-order valence-corrected chi connectivity index (χ1v) is 34.2. The number of amides is 11. The van der Waals surface area contributed by atoms with E-state index in [9.17, 15) is 43.5 Å². The molecule has 100 heavy (non-hydrogen) atoms. The third-order valence-electron chi connectivity index (χ3n) is 19.3. The van der Waals surface area contributed by atoms with Crippen LogP contribution < -0.4 is 47.3 Å². The molecule has 0 spiro atoms. The number of hydrogen-bond donors (Lipinski definition) is 9. The van der Waals surface area contributed by atoms with Crippen LogP contribution in [-0.4, -0.2) is 190 Å². The van der Waals surface area contributed by atoms with Gasteiger partial charge in [0.1, 0.15) is 53.9 Å². The Morgan fingerprint density at radius 2 is 1.45 bits per heavy atom. The lowest BCUT2D eigenvalue weighted by Crippen LogP contribution is -2.62. The molecule has 0 radical (unpaired) electrons. The first-order chi connectivity index (χ1) is 48.0. The monoisotopic (exact) mass is 1380 g/mol. The lowest BCUT2D eigenvalue weighted by atomic mass is 9.95. The minimum atomic E-state index is -1.72. The third kappa shape index (κ3) is 18.4. The number of carbonyl (C=O) groups is 11. The van der Waals surface area contributed by atoms with Crippen LogP contribution in [0.1, 0.15) is 106 Å². The summed E-state index contributed by atoms with van der Waals surface area (Å²) in [7, 11) is 1.50. The van der Waals surface area contributed by atoms with E-state index in [-0.39, 0.29) is 83.7 Å². The molecule has 4 aromatic carbocycles. The van der Waals surface area contributed by atoms with E-state index in [4.69, 9.17) is 9.47 Å². The number of nitrogens with zero attached hydrogens (tertiary/aromatic N) is 4. The van der Waals surface area contributed by atoms with E-state index in [1.165, 1.54) is 42.9 Å². The Bertz CT molecular complexity index is 3900. The van der Waals surface area contributed by atoms with Crippen molar-refractivity contribution >= 4 is 75.9 Å². The standard InChI is InChI=1S/C73H89FN12O14/c1-44-67(93)77-40-63(90)79-55-35-49-11-9-12-50(33-49)39-76-64(91)43-100-60-26-32-85-59(60)38-62(89)82-66(45(2)87)69(95)81-56(34-47-17-20-53(99-4)21-18-47)71(97)86-31-10-27-73(86,3)72(98)75-28-25-46-13-15-48(16-14-46)41-84(65(92)24-23-61(88)78-44)30-8-6-5-7-29-83-42-51(36-57(70(85)96)80-68(55)94)54-37-52(74)19-22-58(54)83/h5,7,9,11-22,33,37,42,44-45,55-57,59-60,66,87H,6,8,10,23-32,34-36,38-41,43H2,1-4H3,(H,75,98)(H,76,91)(H,77,93)(H,78,88)(H,79,90)(H,80,94)(H,81,95)(H,82,89)/t44-,45+,55-,56-,57-,59+,60-,66-,73-/m0/s1. The quantitative estimate of drug-likeness (QED) is 0.116. The van der Waals surface area contributed by atoms with Crippen LogP contribution in [0.2, 0.25) is 0 Å². The third-order valence-corrected chi connectivity index (χ3v) is 19.3. The van der Waals surface area contributed by atoms with Crippen LogP contribution in [0.3, 0.4) is 0 Å². The van der Waals surface area contributed by atoms with E-state index in [2.05, 4.69) is 42.5 Å². The second-order valence-corrected chi connectivity index (χ2v) is 26.6. The molecule has 7 heterocycles. The van der Waals surface area contributed by atoms with Crippen molar-refractivity contribution in [1.29, 1.82) is 0 Å². The summed E-state index contributed by atoms with van der Waals surface area (Å²) < 4.78 is 29.1. The largest absolute Gasteiger partial charge is 0.497 e. The Morgan fingerprint density at radius 3 is 2.22 bits per heavy atom. The highest BCUT2D eigenvalue weighted by Crippen LogP contribution is 2.32. The summed E-state index contributed by atoms with van der Waals surface area (Å²) in [6, 6.07) is 17.0. The summed E-state index contributed by atoms with van der Waals surface area (Å²) in [5, 5.41) is 33.9. The number of halogens is 1. The van der Waals surface area contributed by atoms with E-state index in [1.807, 2.05) is 41.0 Å². The van der Waals surface area contributed by atoms with Crippen LogP contribution in [0.25, 0.3) is 10.9 Å². The number of aliphatic hydroxyl groups is 1. The molecule has 6 aliphatic rings. The summed E-state index contributed by atoms with van der Waals surface area (Å²) >= 11 is 0. The first-order valence-electron chi connectivity index (χ1n) is 34.2. The zero-order chi connectivity index (χ0) is 71.2. The summed E-state index contributed by atoms with van der Waals surface area (Å²) in [5.41, 5.74) is 3.02. The van der Waals surface area contributed by atoms with Gasteiger partial charge in [-0.15, -0.1) is 0 Å². The maximum Gasteiger partial charge on any atom is 0.246 e. The molecule has 0 aliphatic carbocycles. The van der Waals surface area contributed by atoms with E-state index in [0.29, 0.717) is 77.6 Å².